The molecule has 150 valence electrons. The monoisotopic (exact) mass is 402 g/mol. The summed E-state index contributed by atoms with van der Waals surface area (Å²) in [5, 5.41) is 2.78. The van der Waals surface area contributed by atoms with Gasteiger partial charge in [-0.05, 0) is 48.6 Å². The Bertz CT molecular complexity index is 910. The minimum atomic E-state index is -3.60. The molecule has 28 heavy (non-hydrogen) atoms. The highest BCUT2D eigenvalue weighted by Crippen LogP contribution is 2.31. The van der Waals surface area contributed by atoms with Crippen LogP contribution in [-0.2, 0) is 32.4 Å². The number of benzene rings is 2. The average molecular weight is 403 g/mol. The predicted molar refractivity (Wildman–Crippen MR) is 109 cm³/mol. The van der Waals surface area contributed by atoms with Crippen molar-refractivity contribution in [2.75, 3.05) is 31.1 Å². The first-order valence-electron chi connectivity index (χ1n) is 9.47. The van der Waals surface area contributed by atoms with E-state index in [0.717, 1.165) is 29.7 Å². The van der Waals surface area contributed by atoms with Crippen molar-refractivity contribution in [3.05, 3.63) is 59.7 Å². The van der Waals surface area contributed by atoms with Gasteiger partial charge in [-0.2, -0.15) is 0 Å². The standard InChI is InChI=1S/C21H26N2O4S/c1-27-16-14-22-21(24)13-10-17-8-11-19(12-9-17)28(25,26)23-15-4-6-18-5-2-3-7-20(18)23/h2-3,5,7-9,11-12H,4,6,10,13-16H2,1H3,(H,22,24). The average Bonchev–Trinajstić information content (AvgIpc) is 2.72. The number of amides is 1. The second kappa shape index (κ2) is 9.21. The van der Waals surface area contributed by atoms with E-state index in [9.17, 15) is 13.2 Å². The van der Waals surface area contributed by atoms with Crippen molar-refractivity contribution in [1.29, 1.82) is 0 Å². The van der Waals surface area contributed by atoms with Crippen LogP contribution in [0.3, 0.4) is 0 Å². The molecule has 0 saturated carbocycles. The maximum Gasteiger partial charge on any atom is 0.264 e. The van der Waals surface area contributed by atoms with E-state index in [1.807, 2.05) is 24.3 Å². The molecular formula is C21H26N2O4S. The van der Waals surface area contributed by atoms with Gasteiger partial charge in [0.2, 0.25) is 5.91 Å². The van der Waals surface area contributed by atoms with Crippen molar-refractivity contribution in [2.45, 2.75) is 30.6 Å². The maximum atomic E-state index is 13.1. The Morgan fingerprint density at radius 3 is 2.64 bits per heavy atom. The van der Waals surface area contributed by atoms with Crippen LogP contribution in [0, 0.1) is 0 Å². The number of ether oxygens (including phenoxy) is 1. The van der Waals surface area contributed by atoms with Crippen LogP contribution in [0.4, 0.5) is 5.69 Å². The van der Waals surface area contributed by atoms with Crippen LogP contribution in [0.15, 0.2) is 53.4 Å². The summed E-state index contributed by atoms with van der Waals surface area (Å²) in [6.45, 7) is 1.46. The molecule has 2 aromatic carbocycles. The fourth-order valence-electron chi connectivity index (χ4n) is 3.34. The summed E-state index contributed by atoms with van der Waals surface area (Å²) in [5.41, 5.74) is 2.76. The zero-order valence-corrected chi connectivity index (χ0v) is 16.9. The number of carbonyl (C=O) groups is 1. The molecule has 0 unspecified atom stereocenters. The SMILES string of the molecule is COCCNC(=O)CCc1ccc(S(=O)(=O)N2CCCc3ccccc32)cc1. The first-order valence-corrected chi connectivity index (χ1v) is 10.9. The molecular weight excluding hydrogens is 376 g/mol. The van der Waals surface area contributed by atoms with Crippen molar-refractivity contribution >= 4 is 21.6 Å². The number of fused-ring (bicyclic) bond motifs is 1. The molecule has 1 aliphatic heterocycles. The molecule has 3 rings (SSSR count). The van der Waals surface area contributed by atoms with Crippen molar-refractivity contribution in [3.63, 3.8) is 0 Å². The number of methoxy groups -OCH3 is 1. The fraction of sp³-hybridized carbons (Fsp3) is 0.381. The Kier molecular flexibility index (Phi) is 6.70. The van der Waals surface area contributed by atoms with Crippen molar-refractivity contribution in [2.24, 2.45) is 0 Å². The number of rotatable bonds is 8. The summed E-state index contributed by atoms with van der Waals surface area (Å²) >= 11 is 0. The van der Waals surface area contributed by atoms with E-state index in [4.69, 9.17) is 4.74 Å². The predicted octanol–water partition coefficient (Wildman–Crippen LogP) is 2.52. The molecule has 0 saturated heterocycles. The molecule has 7 heteroatoms. The molecule has 1 amide bonds. The number of hydrogen-bond acceptors (Lipinski definition) is 4. The number of nitrogens with zero attached hydrogens (tertiary/aromatic N) is 1. The van der Waals surface area contributed by atoms with Crippen LogP contribution >= 0.6 is 0 Å². The van der Waals surface area contributed by atoms with Crippen LogP contribution < -0.4 is 9.62 Å². The third-order valence-corrected chi connectivity index (χ3v) is 6.68. The highest BCUT2D eigenvalue weighted by Gasteiger charge is 2.28. The van der Waals surface area contributed by atoms with Gasteiger partial charge >= 0.3 is 0 Å². The maximum absolute atomic E-state index is 13.1. The van der Waals surface area contributed by atoms with Gasteiger partial charge in [0.05, 0.1) is 17.2 Å². The molecule has 6 nitrogen and oxygen atoms in total. The van der Waals surface area contributed by atoms with E-state index >= 15 is 0 Å². The topological polar surface area (TPSA) is 75.7 Å². The lowest BCUT2D eigenvalue weighted by Gasteiger charge is -2.30. The van der Waals surface area contributed by atoms with E-state index in [-0.39, 0.29) is 10.8 Å². The molecule has 1 heterocycles. The number of hydrogen-bond donors (Lipinski definition) is 1. The van der Waals surface area contributed by atoms with E-state index in [0.29, 0.717) is 32.5 Å². The molecule has 0 fully saturated rings. The highest BCUT2D eigenvalue weighted by molar-refractivity contribution is 7.92. The molecule has 0 spiro atoms. The molecule has 0 radical (unpaired) electrons. The van der Waals surface area contributed by atoms with Crippen LogP contribution in [0.25, 0.3) is 0 Å². The molecule has 2 aromatic rings. The zero-order chi connectivity index (χ0) is 20.0. The number of aryl methyl sites for hydroxylation is 2. The fourth-order valence-corrected chi connectivity index (χ4v) is 4.88. The Balaban J connectivity index is 1.67. The summed E-state index contributed by atoms with van der Waals surface area (Å²) in [6, 6.07) is 14.5. The van der Waals surface area contributed by atoms with Crippen LogP contribution in [0.2, 0.25) is 0 Å². The largest absolute Gasteiger partial charge is 0.383 e. The minimum absolute atomic E-state index is 0.0429. The highest BCUT2D eigenvalue weighted by atomic mass is 32.2. The Labute approximate surface area is 166 Å². The third-order valence-electron chi connectivity index (χ3n) is 4.85. The molecule has 0 aliphatic carbocycles. The Hall–Kier alpha value is -2.38. The van der Waals surface area contributed by atoms with Gasteiger partial charge in [0.25, 0.3) is 10.0 Å². The van der Waals surface area contributed by atoms with E-state index < -0.39 is 10.0 Å². The molecule has 0 aromatic heterocycles. The van der Waals surface area contributed by atoms with Crippen LogP contribution in [0.5, 0.6) is 0 Å². The quantitative estimate of drug-likeness (QED) is 0.689. The Morgan fingerprint density at radius 2 is 1.89 bits per heavy atom. The molecule has 0 bridgehead atoms. The van der Waals surface area contributed by atoms with Gasteiger partial charge in [0, 0.05) is 26.6 Å². The first kappa shape index (κ1) is 20.4. The summed E-state index contributed by atoms with van der Waals surface area (Å²) < 4.78 is 32.6. The van der Waals surface area contributed by atoms with Crippen molar-refractivity contribution < 1.29 is 17.9 Å². The summed E-state index contributed by atoms with van der Waals surface area (Å²) in [4.78, 5) is 12.0. The van der Waals surface area contributed by atoms with Crippen LogP contribution in [0.1, 0.15) is 24.0 Å². The second-order valence-corrected chi connectivity index (χ2v) is 8.66. The van der Waals surface area contributed by atoms with Crippen LogP contribution in [-0.4, -0.2) is 41.1 Å². The molecule has 1 N–H and O–H groups in total. The van der Waals surface area contributed by atoms with E-state index in [2.05, 4.69) is 5.32 Å². The lowest BCUT2D eigenvalue weighted by Crippen LogP contribution is -2.35. The number of sulfonamides is 1. The summed E-state index contributed by atoms with van der Waals surface area (Å²) in [5.74, 6) is -0.0429. The van der Waals surface area contributed by atoms with Gasteiger partial charge in [-0.3, -0.25) is 9.10 Å². The van der Waals surface area contributed by atoms with Gasteiger partial charge in [0.15, 0.2) is 0 Å². The van der Waals surface area contributed by atoms with Crippen molar-refractivity contribution in [1.82, 2.24) is 5.32 Å². The molecule has 1 aliphatic rings. The van der Waals surface area contributed by atoms with Gasteiger partial charge in [-0.25, -0.2) is 8.42 Å². The van der Waals surface area contributed by atoms with Gasteiger partial charge < -0.3 is 10.1 Å². The number of anilines is 1. The van der Waals surface area contributed by atoms with Gasteiger partial charge in [0.1, 0.15) is 0 Å². The summed E-state index contributed by atoms with van der Waals surface area (Å²) in [7, 11) is -2.01. The van der Waals surface area contributed by atoms with E-state index in [1.165, 1.54) is 4.31 Å². The number of carbonyl (C=O) groups excluding carboxylic acids is 1. The van der Waals surface area contributed by atoms with E-state index in [1.54, 1.807) is 31.4 Å². The van der Waals surface area contributed by atoms with Crippen molar-refractivity contribution in [3.8, 4) is 0 Å². The first-order chi connectivity index (χ1) is 13.5. The lowest BCUT2D eigenvalue weighted by atomic mass is 10.0. The Morgan fingerprint density at radius 1 is 1.14 bits per heavy atom. The number of nitrogens with one attached hydrogen (secondary N) is 1. The minimum Gasteiger partial charge on any atom is -0.383 e. The molecule has 0 atom stereocenters. The number of para-hydroxylation sites is 1. The summed E-state index contributed by atoms with van der Waals surface area (Å²) in [6.07, 6.45) is 2.63. The third kappa shape index (κ3) is 4.72. The lowest BCUT2D eigenvalue weighted by molar-refractivity contribution is -0.121. The van der Waals surface area contributed by atoms with Gasteiger partial charge in [-0.1, -0.05) is 30.3 Å². The normalized spacial score (nSPS) is 13.8. The zero-order valence-electron chi connectivity index (χ0n) is 16.1. The smallest absolute Gasteiger partial charge is 0.264 e. The van der Waals surface area contributed by atoms with Gasteiger partial charge in [-0.15, -0.1) is 0 Å². The second-order valence-electron chi connectivity index (χ2n) is 6.80.